The molecule has 2 aromatic rings. The van der Waals surface area contributed by atoms with E-state index in [2.05, 4.69) is 24.0 Å². The van der Waals surface area contributed by atoms with Crippen molar-refractivity contribution in [3.05, 3.63) is 40.4 Å². The molecule has 0 bridgehead atoms. The van der Waals surface area contributed by atoms with Crippen LogP contribution in [0.4, 0.5) is 5.13 Å². The van der Waals surface area contributed by atoms with Crippen LogP contribution < -0.4 is 10.5 Å². The topological polar surface area (TPSA) is 48.1 Å². The highest BCUT2D eigenvalue weighted by atomic mass is 32.1. The summed E-state index contributed by atoms with van der Waals surface area (Å²) in [5.41, 5.74) is 9.14. The second-order valence-corrected chi connectivity index (χ2v) is 4.87. The summed E-state index contributed by atoms with van der Waals surface area (Å²) in [7, 11) is 1.69. The molecular formula is C13H16N2OS. The molecule has 0 aliphatic rings. The van der Waals surface area contributed by atoms with Crippen molar-refractivity contribution in [2.75, 3.05) is 12.8 Å². The van der Waals surface area contributed by atoms with Crippen molar-refractivity contribution in [1.82, 2.24) is 4.98 Å². The van der Waals surface area contributed by atoms with Crippen LogP contribution in [-0.4, -0.2) is 12.1 Å². The minimum atomic E-state index is 0.644. The van der Waals surface area contributed by atoms with E-state index in [4.69, 9.17) is 10.5 Å². The number of aryl methyl sites for hydroxylation is 3. The quantitative estimate of drug-likeness (QED) is 0.905. The van der Waals surface area contributed by atoms with Crippen LogP contribution in [0.3, 0.4) is 0 Å². The van der Waals surface area contributed by atoms with Gasteiger partial charge in [-0.05, 0) is 37.0 Å². The molecule has 0 atom stereocenters. The first kappa shape index (κ1) is 11.9. The number of methoxy groups -OCH3 is 1. The van der Waals surface area contributed by atoms with Gasteiger partial charge < -0.3 is 10.5 Å². The van der Waals surface area contributed by atoms with Crippen molar-refractivity contribution in [2.24, 2.45) is 0 Å². The second kappa shape index (κ2) is 5.19. The van der Waals surface area contributed by atoms with E-state index in [0.29, 0.717) is 5.13 Å². The van der Waals surface area contributed by atoms with Crippen LogP contribution in [0.1, 0.15) is 16.8 Å². The van der Waals surface area contributed by atoms with Crippen LogP contribution in [0.5, 0.6) is 5.75 Å². The first-order chi connectivity index (χ1) is 8.19. The van der Waals surface area contributed by atoms with Crippen molar-refractivity contribution in [3.8, 4) is 5.75 Å². The highest BCUT2D eigenvalue weighted by Crippen LogP contribution is 2.20. The summed E-state index contributed by atoms with van der Waals surface area (Å²) >= 11 is 1.50. The van der Waals surface area contributed by atoms with Crippen molar-refractivity contribution in [1.29, 1.82) is 0 Å². The Labute approximate surface area is 105 Å². The summed E-state index contributed by atoms with van der Waals surface area (Å²) < 4.78 is 5.24. The highest BCUT2D eigenvalue weighted by molar-refractivity contribution is 7.13. The monoisotopic (exact) mass is 248 g/mol. The van der Waals surface area contributed by atoms with Crippen LogP contribution in [0, 0.1) is 6.92 Å². The number of thiazole rings is 1. The van der Waals surface area contributed by atoms with E-state index in [1.165, 1.54) is 22.5 Å². The van der Waals surface area contributed by atoms with Crippen LogP contribution in [0.2, 0.25) is 0 Å². The van der Waals surface area contributed by atoms with Gasteiger partial charge in [-0.2, -0.15) is 0 Å². The van der Waals surface area contributed by atoms with Crippen molar-refractivity contribution in [3.63, 3.8) is 0 Å². The molecule has 0 aliphatic heterocycles. The Morgan fingerprint density at radius 3 is 2.76 bits per heavy atom. The van der Waals surface area contributed by atoms with E-state index in [1.807, 2.05) is 11.4 Å². The van der Waals surface area contributed by atoms with Gasteiger partial charge in [0, 0.05) is 5.38 Å². The average Bonchev–Trinajstić information content (AvgIpc) is 2.73. The van der Waals surface area contributed by atoms with E-state index in [9.17, 15) is 0 Å². The molecule has 17 heavy (non-hydrogen) atoms. The molecule has 2 rings (SSSR count). The van der Waals surface area contributed by atoms with Gasteiger partial charge in [0.2, 0.25) is 0 Å². The summed E-state index contributed by atoms with van der Waals surface area (Å²) in [6, 6.07) is 6.27. The molecule has 90 valence electrons. The molecule has 0 unspecified atom stereocenters. The summed E-state index contributed by atoms with van der Waals surface area (Å²) in [5.74, 6) is 0.937. The normalized spacial score (nSPS) is 10.5. The summed E-state index contributed by atoms with van der Waals surface area (Å²) in [4.78, 5) is 4.25. The van der Waals surface area contributed by atoms with Gasteiger partial charge in [-0.15, -0.1) is 11.3 Å². The number of hydrogen-bond donors (Lipinski definition) is 1. The Morgan fingerprint density at radius 2 is 2.18 bits per heavy atom. The smallest absolute Gasteiger partial charge is 0.180 e. The lowest BCUT2D eigenvalue weighted by atomic mass is 10.1. The molecule has 0 saturated carbocycles. The fourth-order valence-corrected chi connectivity index (χ4v) is 2.40. The van der Waals surface area contributed by atoms with E-state index in [0.717, 1.165) is 24.3 Å². The van der Waals surface area contributed by atoms with E-state index in [1.54, 1.807) is 7.11 Å². The zero-order valence-electron chi connectivity index (χ0n) is 10.1. The summed E-state index contributed by atoms with van der Waals surface area (Å²) in [5, 5.41) is 2.66. The number of anilines is 1. The predicted octanol–water partition coefficient (Wildman–Crippen LogP) is 2.83. The number of nitrogen functional groups attached to an aromatic ring is 1. The van der Waals surface area contributed by atoms with Gasteiger partial charge in [-0.1, -0.05) is 12.1 Å². The SMILES string of the molecule is COc1ccc(CCc2csc(N)n2)cc1C. The number of nitrogens with two attached hydrogens (primary N) is 1. The lowest BCUT2D eigenvalue weighted by molar-refractivity contribution is 0.411. The lowest BCUT2D eigenvalue weighted by Crippen LogP contribution is -1.94. The summed E-state index contributed by atoms with van der Waals surface area (Å²) in [6.07, 6.45) is 1.91. The van der Waals surface area contributed by atoms with Gasteiger partial charge in [0.15, 0.2) is 5.13 Å². The molecule has 4 heteroatoms. The van der Waals surface area contributed by atoms with Gasteiger partial charge in [-0.3, -0.25) is 0 Å². The van der Waals surface area contributed by atoms with Crippen molar-refractivity contribution < 1.29 is 4.74 Å². The number of nitrogens with zero attached hydrogens (tertiary/aromatic N) is 1. The third-order valence-electron chi connectivity index (χ3n) is 2.70. The molecule has 2 N–H and O–H groups in total. The fourth-order valence-electron chi connectivity index (χ4n) is 1.81. The standard InChI is InChI=1S/C13H16N2OS/c1-9-7-10(4-6-12(9)16-2)3-5-11-8-17-13(14)15-11/h4,6-8H,3,5H2,1-2H3,(H2,14,15). The second-order valence-electron chi connectivity index (χ2n) is 3.98. The Kier molecular flexibility index (Phi) is 3.64. The average molecular weight is 248 g/mol. The van der Waals surface area contributed by atoms with Crippen LogP contribution >= 0.6 is 11.3 Å². The van der Waals surface area contributed by atoms with Crippen molar-refractivity contribution in [2.45, 2.75) is 19.8 Å². The Balaban J connectivity index is 2.02. The number of aromatic nitrogens is 1. The highest BCUT2D eigenvalue weighted by Gasteiger charge is 2.02. The number of rotatable bonds is 4. The first-order valence-electron chi connectivity index (χ1n) is 5.52. The zero-order chi connectivity index (χ0) is 12.3. The molecule has 1 heterocycles. The van der Waals surface area contributed by atoms with E-state index in [-0.39, 0.29) is 0 Å². The van der Waals surface area contributed by atoms with Crippen molar-refractivity contribution >= 4 is 16.5 Å². The Morgan fingerprint density at radius 1 is 1.35 bits per heavy atom. The molecule has 0 saturated heterocycles. The number of benzene rings is 1. The van der Waals surface area contributed by atoms with E-state index >= 15 is 0 Å². The largest absolute Gasteiger partial charge is 0.496 e. The maximum atomic E-state index is 5.60. The predicted molar refractivity (Wildman–Crippen MR) is 71.7 cm³/mol. The maximum absolute atomic E-state index is 5.60. The van der Waals surface area contributed by atoms with Crippen LogP contribution in [0.15, 0.2) is 23.6 Å². The molecular weight excluding hydrogens is 232 g/mol. The first-order valence-corrected chi connectivity index (χ1v) is 6.40. The van der Waals surface area contributed by atoms with Gasteiger partial charge in [0.1, 0.15) is 5.75 Å². The molecule has 1 aromatic heterocycles. The molecule has 1 aromatic carbocycles. The van der Waals surface area contributed by atoms with E-state index < -0.39 is 0 Å². The number of hydrogen-bond acceptors (Lipinski definition) is 4. The van der Waals surface area contributed by atoms with Gasteiger partial charge >= 0.3 is 0 Å². The molecule has 0 spiro atoms. The van der Waals surface area contributed by atoms with Crippen LogP contribution in [0.25, 0.3) is 0 Å². The Hall–Kier alpha value is -1.55. The number of ether oxygens (including phenoxy) is 1. The lowest BCUT2D eigenvalue weighted by Gasteiger charge is -2.06. The van der Waals surface area contributed by atoms with Gasteiger partial charge in [0.25, 0.3) is 0 Å². The third-order valence-corrected chi connectivity index (χ3v) is 3.42. The molecule has 0 amide bonds. The summed E-state index contributed by atoms with van der Waals surface area (Å²) in [6.45, 7) is 2.06. The minimum Gasteiger partial charge on any atom is -0.496 e. The maximum Gasteiger partial charge on any atom is 0.180 e. The van der Waals surface area contributed by atoms with Crippen LogP contribution in [-0.2, 0) is 12.8 Å². The third kappa shape index (κ3) is 2.97. The minimum absolute atomic E-state index is 0.644. The Bertz CT molecular complexity index is 508. The zero-order valence-corrected chi connectivity index (χ0v) is 10.9. The molecule has 0 aliphatic carbocycles. The van der Waals surface area contributed by atoms with Gasteiger partial charge in [0.05, 0.1) is 12.8 Å². The van der Waals surface area contributed by atoms with Gasteiger partial charge in [-0.25, -0.2) is 4.98 Å². The fraction of sp³-hybridized carbons (Fsp3) is 0.308. The molecule has 0 fully saturated rings. The molecule has 3 nitrogen and oxygen atoms in total. The molecule has 0 radical (unpaired) electrons.